The van der Waals surface area contributed by atoms with Gasteiger partial charge in [-0.2, -0.15) is 0 Å². The monoisotopic (exact) mass is 280 g/mol. The summed E-state index contributed by atoms with van der Waals surface area (Å²) < 4.78 is 31.7. The lowest BCUT2D eigenvalue weighted by atomic mass is 10.1. The number of hydrogen-bond donors (Lipinski definition) is 2. The minimum absolute atomic E-state index is 0.0326. The molecule has 0 spiro atoms. The third-order valence-corrected chi connectivity index (χ3v) is 4.81. The van der Waals surface area contributed by atoms with Gasteiger partial charge < -0.3 is 14.7 Å². The van der Waals surface area contributed by atoms with Crippen molar-refractivity contribution in [3.63, 3.8) is 0 Å². The third kappa shape index (κ3) is 5.19. The Morgan fingerprint density at radius 2 is 1.94 bits per heavy atom. The van der Waals surface area contributed by atoms with Gasteiger partial charge in [-0.3, -0.25) is 0 Å². The van der Waals surface area contributed by atoms with Crippen molar-refractivity contribution in [3.05, 3.63) is 0 Å². The largest absolute Gasteiger partial charge is 0.387 e. The predicted molar refractivity (Wildman–Crippen MR) is 69.9 cm³/mol. The van der Waals surface area contributed by atoms with E-state index >= 15 is 0 Å². The van der Waals surface area contributed by atoms with Crippen molar-refractivity contribution >= 4 is 10.0 Å². The van der Waals surface area contributed by atoms with Crippen LogP contribution in [0, 0.1) is 0 Å². The van der Waals surface area contributed by atoms with Crippen LogP contribution in [-0.4, -0.2) is 69.7 Å². The van der Waals surface area contributed by atoms with E-state index in [2.05, 4.69) is 4.72 Å². The zero-order chi connectivity index (χ0) is 13.8. The van der Waals surface area contributed by atoms with E-state index in [1.165, 1.54) is 0 Å². The van der Waals surface area contributed by atoms with Crippen LogP contribution >= 0.6 is 0 Å². The minimum atomic E-state index is -3.36. The Labute approximate surface area is 109 Å². The molecular weight excluding hydrogens is 256 g/mol. The highest BCUT2D eigenvalue weighted by Crippen LogP contribution is 2.15. The van der Waals surface area contributed by atoms with Gasteiger partial charge >= 0.3 is 0 Å². The summed E-state index contributed by atoms with van der Waals surface area (Å²) in [6, 6.07) is 0. The fourth-order valence-corrected chi connectivity index (χ4v) is 3.66. The average Bonchev–Trinajstić information content (AvgIpc) is 2.26. The van der Waals surface area contributed by atoms with Gasteiger partial charge in [0.25, 0.3) is 0 Å². The standard InChI is InChI=1S/C11H24N2O4S/c1-11(14,9-13(2)3)8-12-18(15,16)10-4-6-17-7-5-10/h10,12,14H,4-9H2,1-3H3. The van der Waals surface area contributed by atoms with Crippen LogP contribution in [0.3, 0.4) is 0 Å². The van der Waals surface area contributed by atoms with Gasteiger partial charge in [-0.15, -0.1) is 0 Å². The number of likely N-dealkylation sites (N-methyl/N-ethyl adjacent to an activating group) is 1. The van der Waals surface area contributed by atoms with Crippen LogP contribution in [0.5, 0.6) is 0 Å². The molecular formula is C11H24N2O4S. The first-order valence-corrected chi connectivity index (χ1v) is 7.71. The molecule has 6 nitrogen and oxygen atoms in total. The molecule has 7 heteroatoms. The number of hydrogen-bond acceptors (Lipinski definition) is 5. The summed E-state index contributed by atoms with van der Waals surface area (Å²) in [4.78, 5) is 1.82. The van der Waals surface area contributed by atoms with Crippen molar-refractivity contribution in [1.82, 2.24) is 9.62 Å². The summed E-state index contributed by atoms with van der Waals surface area (Å²) in [5.74, 6) is 0. The Morgan fingerprint density at radius 1 is 1.39 bits per heavy atom. The van der Waals surface area contributed by atoms with Gasteiger partial charge in [-0.05, 0) is 33.9 Å². The van der Waals surface area contributed by atoms with E-state index in [4.69, 9.17) is 4.74 Å². The van der Waals surface area contributed by atoms with Crippen LogP contribution in [0.1, 0.15) is 19.8 Å². The summed E-state index contributed by atoms with van der Waals surface area (Å²) in [6.45, 7) is 3.03. The second kappa shape index (κ2) is 6.29. The van der Waals surface area contributed by atoms with E-state index < -0.39 is 20.9 Å². The second-order valence-corrected chi connectivity index (χ2v) is 7.46. The fourth-order valence-electron chi connectivity index (χ4n) is 2.10. The molecule has 1 aliphatic heterocycles. The van der Waals surface area contributed by atoms with Crippen molar-refractivity contribution in [3.8, 4) is 0 Å². The summed E-state index contributed by atoms with van der Waals surface area (Å²) in [7, 11) is 0.309. The predicted octanol–water partition coefficient (Wildman–Crippen LogP) is -0.603. The van der Waals surface area contributed by atoms with Crippen LogP contribution < -0.4 is 4.72 Å². The molecule has 1 aliphatic rings. The second-order valence-electron chi connectivity index (χ2n) is 5.41. The first-order chi connectivity index (χ1) is 8.23. The maximum atomic E-state index is 12.0. The molecule has 0 amide bonds. The maximum absolute atomic E-state index is 12.0. The van der Waals surface area contributed by atoms with Crippen molar-refractivity contribution in [1.29, 1.82) is 0 Å². The van der Waals surface area contributed by atoms with Crippen molar-refractivity contribution in [2.75, 3.05) is 40.4 Å². The molecule has 1 saturated heterocycles. The molecule has 1 unspecified atom stereocenters. The number of ether oxygens (including phenoxy) is 1. The molecule has 18 heavy (non-hydrogen) atoms. The van der Waals surface area contributed by atoms with Gasteiger partial charge in [0.1, 0.15) is 0 Å². The molecule has 0 saturated carbocycles. The molecule has 1 heterocycles. The summed E-state index contributed by atoms with van der Waals surface area (Å²) in [5, 5.41) is 9.65. The van der Waals surface area contributed by atoms with E-state index in [0.717, 1.165) is 0 Å². The van der Waals surface area contributed by atoms with Crippen LogP contribution in [0.4, 0.5) is 0 Å². The topological polar surface area (TPSA) is 78.9 Å². The van der Waals surface area contributed by atoms with E-state index in [-0.39, 0.29) is 6.54 Å². The zero-order valence-corrected chi connectivity index (χ0v) is 12.2. The maximum Gasteiger partial charge on any atom is 0.214 e. The lowest BCUT2D eigenvalue weighted by molar-refractivity contribution is 0.0383. The Kier molecular flexibility index (Phi) is 5.54. The van der Waals surface area contributed by atoms with Gasteiger partial charge in [0.15, 0.2) is 0 Å². The first-order valence-electron chi connectivity index (χ1n) is 6.16. The quantitative estimate of drug-likeness (QED) is 0.679. The highest BCUT2D eigenvalue weighted by molar-refractivity contribution is 7.90. The van der Waals surface area contributed by atoms with Crippen LogP contribution in [-0.2, 0) is 14.8 Å². The van der Waals surface area contributed by atoms with Gasteiger partial charge in [0.2, 0.25) is 10.0 Å². The lowest BCUT2D eigenvalue weighted by Gasteiger charge is -2.29. The molecule has 1 fully saturated rings. The number of nitrogens with zero attached hydrogens (tertiary/aromatic N) is 1. The Morgan fingerprint density at radius 3 is 2.44 bits per heavy atom. The Hall–Kier alpha value is -0.210. The minimum Gasteiger partial charge on any atom is -0.387 e. The van der Waals surface area contributed by atoms with Gasteiger partial charge in [0, 0.05) is 26.3 Å². The van der Waals surface area contributed by atoms with Gasteiger partial charge in [-0.1, -0.05) is 0 Å². The molecule has 0 aromatic heterocycles. The molecule has 0 bridgehead atoms. The molecule has 0 aliphatic carbocycles. The van der Waals surface area contributed by atoms with Crippen LogP contribution in [0.15, 0.2) is 0 Å². The third-order valence-electron chi connectivity index (χ3n) is 2.92. The summed E-state index contributed by atoms with van der Waals surface area (Å²) >= 11 is 0. The highest BCUT2D eigenvalue weighted by atomic mass is 32.2. The van der Waals surface area contributed by atoms with Gasteiger partial charge in [0.05, 0.1) is 10.9 Å². The highest BCUT2D eigenvalue weighted by Gasteiger charge is 2.30. The van der Waals surface area contributed by atoms with Crippen molar-refractivity contribution in [2.24, 2.45) is 0 Å². The first kappa shape index (κ1) is 15.8. The normalized spacial score (nSPS) is 22.1. The average molecular weight is 280 g/mol. The SMILES string of the molecule is CN(C)CC(C)(O)CNS(=O)(=O)C1CCOCC1. The molecule has 108 valence electrons. The number of sulfonamides is 1. The smallest absolute Gasteiger partial charge is 0.214 e. The Balaban J connectivity index is 2.50. The van der Waals surface area contributed by atoms with Crippen molar-refractivity contribution in [2.45, 2.75) is 30.6 Å². The fraction of sp³-hybridized carbons (Fsp3) is 1.00. The Bertz CT molecular complexity index is 348. The molecule has 0 aromatic carbocycles. The summed E-state index contributed by atoms with van der Waals surface area (Å²) in [6.07, 6.45) is 1.04. The molecule has 2 N–H and O–H groups in total. The zero-order valence-electron chi connectivity index (χ0n) is 11.3. The van der Waals surface area contributed by atoms with E-state index in [1.807, 2.05) is 19.0 Å². The van der Waals surface area contributed by atoms with Crippen molar-refractivity contribution < 1.29 is 18.3 Å². The van der Waals surface area contributed by atoms with E-state index in [1.54, 1.807) is 6.92 Å². The summed E-state index contributed by atoms with van der Waals surface area (Å²) in [5.41, 5.74) is -1.07. The van der Waals surface area contributed by atoms with E-state index in [0.29, 0.717) is 32.6 Å². The number of aliphatic hydroxyl groups is 1. The molecule has 0 aromatic rings. The number of rotatable bonds is 6. The molecule has 0 radical (unpaired) electrons. The van der Waals surface area contributed by atoms with Gasteiger partial charge in [-0.25, -0.2) is 13.1 Å². The number of nitrogens with one attached hydrogen (secondary N) is 1. The van der Waals surface area contributed by atoms with Crippen LogP contribution in [0.2, 0.25) is 0 Å². The van der Waals surface area contributed by atoms with Crippen LogP contribution in [0.25, 0.3) is 0 Å². The molecule has 1 atom stereocenters. The molecule has 1 rings (SSSR count). The lowest BCUT2D eigenvalue weighted by Crippen LogP contribution is -2.49. The van der Waals surface area contributed by atoms with E-state index in [9.17, 15) is 13.5 Å².